The van der Waals surface area contributed by atoms with E-state index in [1.165, 1.54) is 13.8 Å². The van der Waals surface area contributed by atoms with Crippen LogP contribution in [0.25, 0.3) is 0 Å². The van der Waals surface area contributed by atoms with Crippen molar-refractivity contribution in [2.24, 2.45) is 34.0 Å². The highest BCUT2D eigenvalue weighted by molar-refractivity contribution is 5.75. The maximum atomic E-state index is 12.3. The van der Waals surface area contributed by atoms with Crippen molar-refractivity contribution in [3.05, 3.63) is 0 Å². The predicted molar refractivity (Wildman–Crippen MR) is 109 cm³/mol. The Morgan fingerprint density at radius 3 is 2.33 bits per heavy atom. The number of hydrogen-bond donors (Lipinski definition) is 1. The molecule has 0 radical (unpaired) electrons. The highest BCUT2D eigenvalue weighted by Crippen LogP contribution is 2.73. The Morgan fingerprint density at radius 1 is 0.967 bits per heavy atom. The number of fused-ring (bicyclic) bond motifs is 3. The molecule has 4 fully saturated rings. The standard InChI is InChI=1S/C24H36O6/c1-15(25)29-14-24(30-16(2)26)13-23-11-8-18-21(3,19(23)7-6-17(24)12-23)9-5-10-22(18,4)20(27)28/h17-19H,5-14H2,1-4H3,(H,27,28)/t17?,18?,19?,21-,22-,23+,24-/m1/s1. The van der Waals surface area contributed by atoms with Crippen molar-refractivity contribution in [3.63, 3.8) is 0 Å². The van der Waals surface area contributed by atoms with Crippen LogP contribution < -0.4 is 0 Å². The van der Waals surface area contributed by atoms with Gasteiger partial charge in [0.1, 0.15) is 12.2 Å². The first-order valence-electron chi connectivity index (χ1n) is 11.5. The van der Waals surface area contributed by atoms with Crippen LogP contribution in [-0.4, -0.2) is 35.2 Å². The molecule has 4 rings (SSSR count). The molecule has 30 heavy (non-hydrogen) atoms. The zero-order valence-electron chi connectivity index (χ0n) is 18.8. The van der Waals surface area contributed by atoms with Gasteiger partial charge in [-0.05, 0) is 81.0 Å². The number of carboxylic acid groups (broad SMARTS) is 1. The summed E-state index contributed by atoms with van der Waals surface area (Å²) >= 11 is 0. The molecule has 0 saturated heterocycles. The minimum absolute atomic E-state index is 0.0116. The first-order valence-corrected chi connectivity index (χ1v) is 11.5. The molecule has 7 atom stereocenters. The lowest BCUT2D eigenvalue weighted by Gasteiger charge is -2.63. The van der Waals surface area contributed by atoms with Gasteiger partial charge in [0.25, 0.3) is 0 Å². The van der Waals surface area contributed by atoms with Crippen molar-refractivity contribution in [2.45, 2.75) is 91.1 Å². The summed E-state index contributed by atoms with van der Waals surface area (Å²) in [5.74, 6) is -0.518. The lowest BCUT2D eigenvalue weighted by molar-refractivity contribution is -0.183. The van der Waals surface area contributed by atoms with Crippen molar-refractivity contribution < 1.29 is 29.0 Å². The maximum absolute atomic E-state index is 12.3. The Labute approximate surface area is 179 Å². The minimum Gasteiger partial charge on any atom is -0.481 e. The molecule has 3 unspecified atom stereocenters. The third-order valence-electron chi connectivity index (χ3n) is 9.65. The molecule has 4 saturated carbocycles. The summed E-state index contributed by atoms with van der Waals surface area (Å²) in [6.45, 7) is 7.25. The zero-order valence-corrected chi connectivity index (χ0v) is 18.8. The van der Waals surface area contributed by atoms with Crippen LogP contribution in [0.15, 0.2) is 0 Å². The van der Waals surface area contributed by atoms with Gasteiger partial charge in [0.2, 0.25) is 0 Å². The average molecular weight is 421 g/mol. The Kier molecular flexibility index (Phi) is 5.02. The zero-order chi connectivity index (χ0) is 21.9. The van der Waals surface area contributed by atoms with E-state index in [4.69, 9.17) is 9.47 Å². The van der Waals surface area contributed by atoms with E-state index in [1.807, 2.05) is 6.92 Å². The fourth-order valence-electron chi connectivity index (χ4n) is 8.68. The third kappa shape index (κ3) is 3.00. The highest BCUT2D eigenvalue weighted by atomic mass is 16.6. The average Bonchev–Trinajstić information content (AvgIpc) is 2.86. The number of carboxylic acids is 1. The lowest BCUT2D eigenvalue weighted by Crippen LogP contribution is -2.58. The van der Waals surface area contributed by atoms with Gasteiger partial charge in [0.15, 0.2) is 0 Å². The Morgan fingerprint density at radius 2 is 1.70 bits per heavy atom. The maximum Gasteiger partial charge on any atom is 0.309 e. The van der Waals surface area contributed by atoms with Crippen LogP contribution in [0.2, 0.25) is 0 Å². The van der Waals surface area contributed by atoms with Gasteiger partial charge in [-0.25, -0.2) is 0 Å². The van der Waals surface area contributed by atoms with Gasteiger partial charge in [-0.3, -0.25) is 14.4 Å². The summed E-state index contributed by atoms with van der Waals surface area (Å²) in [4.78, 5) is 35.8. The van der Waals surface area contributed by atoms with E-state index < -0.39 is 17.0 Å². The van der Waals surface area contributed by atoms with Crippen LogP contribution in [0.1, 0.15) is 85.5 Å². The van der Waals surface area contributed by atoms with Crippen molar-refractivity contribution in [1.29, 1.82) is 0 Å². The van der Waals surface area contributed by atoms with Gasteiger partial charge in [-0.2, -0.15) is 0 Å². The summed E-state index contributed by atoms with van der Waals surface area (Å²) in [5, 5.41) is 10.1. The first-order chi connectivity index (χ1) is 14.0. The van der Waals surface area contributed by atoms with Crippen LogP contribution in [0.3, 0.4) is 0 Å². The number of carbonyl (C=O) groups excluding carboxylic acids is 2. The van der Waals surface area contributed by atoms with Crippen molar-refractivity contribution >= 4 is 17.9 Å². The second-order valence-electron chi connectivity index (χ2n) is 11.2. The van der Waals surface area contributed by atoms with E-state index in [9.17, 15) is 19.5 Å². The summed E-state index contributed by atoms with van der Waals surface area (Å²) in [5.41, 5.74) is -1.36. The molecule has 1 N–H and O–H groups in total. The van der Waals surface area contributed by atoms with Gasteiger partial charge in [-0.15, -0.1) is 0 Å². The quantitative estimate of drug-likeness (QED) is 0.680. The molecule has 0 aromatic carbocycles. The van der Waals surface area contributed by atoms with Crippen LogP contribution in [0.4, 0.5) is 0 Å². The molecule has 0 aliphatic heterocycles. The number of aliphatic carboxylic acids is 1. The lowest BCUT2D eigenvalue weighted by atomic mass is 9.41. The smallest absolute Gasteiger partial charge is 0.309 e. The van der Waals surface area contributed by atoms with E-state index in [2.05, 4.69) is 6.92 Å². The fourth-order valence-corrected chi connectivity index (χ4v) is 8.68. The van der Waals surface area contributed by atoms with Crippen LogP contribution in [0, 0.1) is 34.0 Å². The fraction of sp³-hybridized carbons (Fsp3) is 0.875. The van der Waals surface area contributed by atoms with E-state index in [-0.39, 0.29) is 41.2 Å². The number of carbonyl (C=O) groups is 3. The van der Waals surface area contributed by atoms with Gasteiger partial charge in [0.05, 0.1) is 5.41 Å². The van der Waals surface area contributed by atoms with Gasteiger partial charge in [0, 0.05) is 19.8 Å². The first kappa shape index (κ1) is 21.6. The van der Waals surface area contributed by atoms with Crippen molar-refractivity contribution in [2.75, 3.05) is 6.61 Å². The predicted octanol–water partition coefficient (Wildman–Crippen LogP) is 4.35. The molecular formula is C24H36O6. The Hall–Kier alpha value is -1.59. The van der Waals surface area contributed by atoms with E-state index in [1.54, 1.807) is 0 Å². The monoisotopic (exact) mass is 420 g/mol. The third-order valence-corrected chi connectivity index (χ3v) is 9.65. The van der Waals surface area contributed by atoms with Crippen LogP contribution in [0.5, 0.6) is 0 Å². The van der Waals surface area contributed by atoms with E-state index in [0.29, 0.717) is 5.92 Å². The van der Waals surface area contributed by atoms with Crippen molar-refractivity contribution in [1.82, 2.24) is 0 Å². The number of esters is 2. The molecule has 0 heterocycles. The van der Waals surface area contributed by atoms with E-state index >= 15 is 0 Å². The Bertz CT molecular complexity index is 763. The molecule has 0 aromatic heterocycles. The van der Waals surface area contributed by atoms with Crippen LogP contribution >= 0.6 is 0 Å². The molecule has 168 valence electrons. The summed E-state index contributed by atoms with van der Waals surface area (Å²) in [6, 6.07) is 0. The number of hydrogen-bond acceptors (Lipinski definition) is 5. The molecule has 4 aliphatic carbocycles. The number of ether oxygens (including phenoxy) is 2. The molecule has 0 aromatic rings. The summed E-state index contributed by atoms with van der Waals surface area (Å²) in [7, 11) is 0. The molecule has 1 spiro atoms. The SMILES string of the molecule is CC(=O)OC[C@]1(OC(C)=O)C[C@@]23CCC4[C@@](C)(CCC[C@@]4(C)C(=O)O)C2CCC1C3. The molecule has 6 nitrogen and oxygen atoms in total. The summed E-state index contributed by atoms with van der Waals surface area (Å²) in [6.07, 6.45) is 8.36. The molecule has 0 amide bonds. The molecule has 2 bridgehead atoms. The van der Waals surface area contributed by atoms with Gasteiger partial charge < -0.3 is 14.6 Å². The van der Waals surface area contributed by atoms with Crippen molar-refractivity contribution in [3.8, 4) is 0 Å². The van der Waals surface area contributed by atoms with Gasteiger partial charge >= 0.3 is 17.9 Å². The van der Waals surface area contributed by atoms with E-state index in [0.717, 1.165) is 57.8 Å². The Balaban J connectivity index is 1.69. The molecule has 6 heteroatoms. The molecule has 4 aliphatic rings. The minimum atomic E-state index is -0.736. The second kappa shape index (κ2) is 6.96. The normalized spacial score (nSPS) is 47.0. The molecular weight excluding hydrogens is 384 g/mol. The van der Waals surface area contributed by atoms with Crippen LogP contribution in [-0.2, 0) is 23.9 Å². The number of rotatable bonds is 4. The second-order valence-corrected chi connectivity index (χ2v) is 11.2. The highest BCUT2D eigenvalue weighted by Gasteiger charge is 2.69. The topological polar surface area (TPSA) is 89.9 Å². The van der Waals surface area contributed by atoms with Gasteiger partial charge in [-0.1, -0.05) is 13.3 Å². The summed E-state index contributed by atoms with van der Waals surface area (Å²) < 4.78 is 11.4. The largest absolute Gasteiger partial charge is 0.481 e.